The molecule has 0 saturated heterocycles. The zero-order valence-corrected chi connectivity index (χ0v) is 18.9. The van der Waals surface area contributed by atoms with Crippen molar-refractivity contribution in [3.05, 3.63) is 77.9 Å². The zero-order valence-electron chi connectivity index (χ0n) is 18.1. The maximum absolute atomic E-state index is 11.8. The van der Waals surface area contributed by atoms with Crippen molar-refractivity contribution in [3.63, 3.8) is 0 Å². The number of benzene rings is 2. The van der Waals surface area contributed by atoms with E-state index in [0.717, 1.165) is 31.4 Å². The lowest BCUT2D eigenvalue weighted by Crippen LogP contribution is -2.10. The molecule has 31 heavy (non-hydrogen) atoms. The molecular formula is C27H28O3S. The average molecular weight is 433 g/mol. The third-order valence-corrected chi connectivity index (χ3v) is 5.08. The van der Waals surface area contributed by atoms with Crippen molar-refractivity contribution in [3.8, 4) is 23.7 Å². The first-order valence-corrected chi connectivity index (χ1v) is 11.3. The minimum Gasteiger partial charge on any atom is -0.452 e. The predicted octanol–water partition coefficient (Wildman–Crippen LogP) is 5.83. The van der Waals surface area contributed by atoms with E-state index in [9.17, 15) is 4.79 Å². The summed E-state index contributed by atoms with van der Waals surface area (Å²) >= 11 is 1.68. The first-order chi connectivity index (χ1) is 15.2. The van der Waals surface area contributed by atoms with Crippen LogP contribution in [0.3, 0.4) is 0 Å². The Bertz CT molecular complexity index is 944. The van der Waals surface area contributed by atoms with Crippen molar-refractivity contribution < 1.29 is 14.3 Å². The van der Waals surface area contributed by atoms with Gasteiger partial charge in [-0.2, -0.15) is 0 Å². The number of methoxy groups -OCH3 is 1. The molecule has 4 heteroatoms. The Balaban J connectivity index is 2.17. The van der Waals surface area contributed by atoms with E-state index in [4.69, 9.17) is 9.47 Å². The lowest BCUT2D eigenvalue weighted by Gasteiger charge is -2.17. The summed E-state index contributed by atoms with van der Waals surface area (Å²) in [7, 11) is 1.70. The molecular weight excluding hydrogens is 404 g/mol. The van der Waals surface area contributed by atoms with Gasteiger partial charge in [0.15, 0.2) is 6.10 Å². The van der Waals surface area contributed by atoms with E-state index in [0.29, 0.717) is 11.3 Å². The van der Waals surface area contributed by atoms with Crippen LogP contribution in [0.25, 0.3) is 0 Å². The number of hydrogen-bond donors (Lipinski definition) is 0. The molecule has 1 atom stereocenters. The molecule has 160 valence electrons. The van der Waals surface area contributed by atoms with E-state index in [1.165, 1.54) is 11.8 Å². The van der Waals surface area contributed by atoms with E-state index < -0.39 is 6.10 Å². The summed E-state index contributed by atoms with van der Waals surface area (Å²) in [6, 6.07) is 19.8. The molecule has 0 spiro atoms. The highest BCUT2D eigenvalue weighted by Gasteiger charge is 2.18. The maximum atomic E-state index is 11.8. The van der Waals surface area contributed by atoms with Crippen molar-refractivity contribution in [2.24, 2.45) is 0 Å². The lowest BCUT2D eigenvalue weighted by molar-refractivity contribution is -0.144. The highest BCUT2D eigenvalue weighted by Crippen LogP contribution is 2.25. The molecule has 0 saturated carbocycles. The molecule has 0 aliphatic carbocycles. The average Bonchev–Trinajstić information content (AvgIpc) is 2.79. The number of carbonyl (C=O) groups excluding carboxylic acids is 1. The highest BCUT2D eigenvalue weighted by molar-refractivity contribution is 7.99. The van der Waals surface area contributed by atoms with Crippen LogP contribution in [0.15, 0.2) is 77.2 Å². The smallest absolute Gasteiger partial charge is 0.303 e. The largest absolute Gasteiger partial charge is 0.452 e. The summed E-state index contributed by atoms with van der Waals surface area (Å²) in [5, 5.41) is 0. The van der Waals surface area contributed by atoms with E-state index in [1.807, 2.05) is 48.5 Å². The fourth-order valence-electron chi connectivity index (χ4n) is 2.71. The Morgan fingerprint density at radius 2 is 1.74 bits per heavy atom. The molecule has 0 amide bonds. The van der Waals surface area contributed by atoms with Gasteiger partial charge in [0, 0.05) is 38.0 Å². The third-order valence-electron chi connectivity index (χ3n) is 4.19. The molecule has 0 N–H and O–H groups in total. The van der Waals surface area contributed by atoms with Crippen molar-refractivity contribution >= 4 is 17.7 Å². The van der Waals surface area contributed by atoms with Gasteiger partial charge in [0.1, 0.15) is 0 Å². The summed E-state index contributed by atoms with van der Waals surface area (Å²) in [5.74, 6) is 13.0. The second-order valence-electron chi connectivity index (χ2n) is 6.67. The Kier molecular flexibility index (Phi) is 11.8. The van der Waals surface area contributed by atoms with Gasteiger partial charge in [-0.15, -0.1) is 11.8 Å². The summed E-state index contributed by atoms with van der Waals surface area (Å²) in [6.45, 7) is 2.14. The van der Waals surface area contributed by atoms with Crippen molar-refractivity contribution in [2.75, 3.05) is 19.5 Å². The second kappa shape index (κ2) is 15.0. The van der Waals surface area contributed by atoms with Crippen LogP contribution in [-0.4, -0.2) is 25.4 Å². The molecule has 2 aromatic carbocycles. The normalized spacial score (nSPS) is 11.5. The van der Waals surface area contributed by atoms with Crippen LogP contribution < -0.4 is 0 Å². The summed E-state index contributed by atoms with van der Waals surface area (Å²) in [5.41, 5.74) is 1.56. The molecule has 2 rings (SSSR count). The van der Waals surface area contributed by atoms with Crippen molar-refractivity contribution in [1.82, 2.24) is 0 Å². The van der Waals surface area contributed by atoms with Crippen molar-refractivity contribution in [1.29, 1.82) is 0 Å². The van der Waals surface area contributed by atoms with Crippen LogP contribution >= 0.6 is 11.8 Å². The molecule has 2 aromatic rings. The van der Waals surface area contributed by atoms with Gasteiger partial charge in [0.2, 0.25) is 0 Å². The monoisotopic (exact) mass is 432 g/mol. The topological polar surface area (TPSA) is 35.5 Å². The summed E-state index contributed by atoms with van der Waals surface area (Å²) in [4.78, 5) is 12.9. The number of esters is 1. The number of hydrogen-bond acceptors (Lipinski definition) is 4. The number of carbonyl (C=O) groups is 1. The summed E-state index contributed by atoms with van der Waals surface area (Å²) < 4.78 is 10.7. The Hall–Kier alpha value is -2.92. The molecule has 0 heterocycles. The van der Waals surface area contributed by atoms with Gasteiger partial charge >= 0.3 is 5.97 Å². The van der Waals surface area contributed by atoms with E-state index in [2.05, 4.69) is 35.8 Å². The van der Waals surface area contributed by atoms with Crippen LogP contribution in [0.2, 0.25) is 0 Å². The van der Waals surface area contributed by atoms with Gasteiger partial charge in [-0.3, -0.25) is 4.79 Å². The lowest BCUT2D eigenvalue weighted by atomic mass is 10.0. The highest BCUT2D eigenvalue weighted by atomic mass is 32.2. The predicted molar refractivity (Wildman–Crippen MR) is 127 cm³/mol. The standard InChI is InChI=1S/C27H28O3S/c1-23(28)30-27(24-16-8-5-9-17-24)25(15-7-3-4-13-21-29-2)18-12-14-22-31-26-19-10-6-11-20-26/h5-6,8-11,16-20,27H,3-4,13,21-22H2,1-2H3/b25-18-. The maximum Gasteiger partial charge on any atom is 0.303 e. The number of ether oxygens (including phenoxy) is 2. The Morgan fingerprint density at radius 1 is 1.03 bits per heavy atom. The third kappa shape index (κ3) is 10.1. The molecule has 0 fully saturated rings. The van der Waals surface area contributed by atoms with Crippen molar-refractivity contribution in [2.45, 2.75) is 37.2 Å². The quantitative estimate of drug-likeness (QED) is 0.216. The minimum absolute atomic E-state index is 0.353. The van der Waals surface area contributed by atoms with Gasteiger partial charge in [0.05, 0.1) is 11.3 Å². The van der Waals surface area contributed by atoms with Crippen LogP contribution in [0.5, 0.6) is 0 Å². The Labute approximate surface area is 190 Å². The first kappa shape index (κ1) is 24.4. The van der Waals surface area contributed by atoms with Gasteiger partial charge in [-0.25, -0.2) is 0 Å². The van der Waals surface area contributed by atoms with Crippen LogP contribution in [-0.2, 0) is 14.3 Å². The molecule has 1 unspecified atom stereocenters. The minimum atomic E-state index is -0.568. The number of allylic oxidation sites excluding steroid dienone is 1. The fraction of sp³-hybridized carbons (Fsp3) is 0.296. The number of unbranched alkanes of at least 4 members (excludes halogenated alkanes) is 2. The van der Waals surface area contributed by atoms with E-state index >= 15 is 0 Å². The molecule has 0 bridgehead atoms. The Morgan fingerprint density at radius 3 is 2.42 bits per heavy atom. The number of rotatable bonds is 9. The SMILES string of the molecule is COCCCCC#C/C(=C/C#CCSc1ccccc1)C(OC(C)=O)c1ccccc1. The van der Waals surface area contributed by atoms with Crippen LogP contribution in [0, 0.1) is 23.7 Å². The van der Waals surface area contributed by atoms with Gasteiger partial charge < -0.3 is 9.47 Å². The molecule has 0 radical (unpaired) electrons. The van der Waals surface area contributed by atoms with E-state index in [1.54, 1.807) is 24.9 Å². The first-order valence-electron chi connectivity index (χ1n) is 10.3. The molecule has 3 nitrogen and oxygen atoms in total. The second-order valence-corrected chi connectivity index (χ2v) is 7.72. The van der Waals surface area contributed by atoms with Gasteiger partial charge in [0.25, 0.3) is 0 Å². The fourth-order valence-corrected chi connectivity index (χ4v) is 3.38. The van der Waals surface area contributed by atoms with Crippen LogP contribution in [0.1, 0.15) is 37.9 Å². The van der Waals surface area contributed by atoms with E-state index in [-0.39, 0.29) is 5.97 Å². The summed E-state index contributed by atoms with van der Waals surface area (Å²) in [6.07, 6.45) is 3.87. The van der Waals surface area contributed by atoms with Crippen LogP contribution in [0.4, 0.5) is 0 Å². The number of thioether (sulfide) groups is 1. The molecule has 0 aliphatic rings. The van der Waals surface area contributed by atoms with Gasteiger partial charge in [-0.05, 0) is 30.5 Å². The zero-order chi connectivity index (χ0) is 22.2. The molecule has 0 aromatic heterocycles. The molecule has 0 aliphatic heterocycles. The van der Waals surface area contributed by atoms with Gasteiger partial charge in [-0.1, -0.05) is 72.2 Å².